The highest BCUT2D eigenvalue weighted by Crippen LogP contribution is 2.54. The number of hydrogen-bond acceptors (Lipinski definition) is 5. The fourth-order valence-electron chi connectivity index (χ4n) is 5.38. The average molecular weight is 336 g/mol. The van der Waals surface area contributed by atoms with Crippen LogP contribution < -0.4 is 0 Å². The summed E-state index contributed by atoms with van der Waals surface area (Å²) in [5.41, 5.74) is 0. The van der Waals surface area contributed by atoms with Crippen molar-refractivity contribution in [1.82, 2.24) is 9.80 Å². The van der Waals surface area contributed by atoms with E-state index in [4.69, 9.17) is 9.47 Å². The molecule has 6 nitrogen and oxygen atoms in total. The van der Waals surface area contributed by atoms with Crippen LogP contribution in [-0.4, -0.2) is 66.8 Å². The van der Waals surface area contributed by atoms with Crippen LogP contribution in [0.25, 0.3) is 0 Å². The van der Waals surface area contributed by atoms with Crippen molar-refractivity contribution in [2.45, 2.75) is 45.2 Å². The van der Waals surface area contributed by atoms with E-state index in [0.717, 1.165) is 32.5 Å². The van der Waals surface area contributed by atoms with E-state index in [-0.39, 0.29) is 18.0 Å². The molecule has 3 saturated heterocycles. The molecule has 0 aromatic carbocycles. The van der Waals surface area contributed by atoms with Gasteiger partial charge in [-0.15, -0.1) is 0 Å². The maximum atomic E-state index is 12.1. The summed E-state index contributed by atoms with van der Waals surface area (Å²) in [6.45, 7) is 7.55. The van der Waals surface area contributed by atoms with Crippen molar-refractivity contribution in [2.75, 3.05) is 32.8 Å². The number of likely N-dealkylation sites (tertiary alicyclic amines) is 1. The van der Waals surface area contributed by atoms with Gasteiger partial charge in [0.05, 0.1) is 19.1 Å². The summed E-state index contributed by atoms with van der Waals surface area (Å²) in [7, 11) is 0. The number of hydrogen-bond donors (Lipinski definition) is 0. The Morgan fingerprint density at radius 2 is 1.71 bits per heavy atom. The summed E-state index contributed by atoms with van der Waals surface area (Å²) >= 11 is 0. The summed E-state index contributed by atoms with van der Waals surface area (Å²) < 4.78 is 10.4. The standard InChI is InChI=1S/C18H28N2O4/c1-3-23-17(21)16-13-9-19(10-14(13)16)15-7-12-6-5-11(15)8-20(12)18(22)24-4-2/h11-16H,3-10H2,1-2H3/t11-,12-,13-,14+,15?,16?/m1/s1. The number of carbonyl (C=O) groups excluding carboxylic acids is 2. The predicted molar refractivity (Wildman–Crippen MR) is 87.3 cm³/mol. The molecule has 3 heterocycles. The summed E-state index contributed by atoms with van der Waals surface area (Å²) in [4.78, 5) is 28.5. The van der Waals surface area contributed by atoms with Crippen molar-refractivity contribution in [1.29, 1.82) is 0 Å². The number of amides is 1. The lowest BCUT2D eigenvalue weighted by molar-refractivity contribution is -0.146. The van der Waals surface area contributed by atoms with Crippen LogP contribution in [0.5, 0.6) is 0 Å². The number of nitrogens with zero attached hydrogens (tertiary/aromatic N) is 2. The van der Waals surface area contributed by atoms with Crippen LogP contribution in [0.15, 0.2) is 0 Å². The minimum atomic E-state index is -0.141. The van der Waals surface area contributed by atoms with Gasteiger partial charge in [0.25, 0.3) is 0 Å². The molecule has 134 valence electrons. The van der Waals surface area contributed by atoms with E-state index < -0.39 is 0 Å². The lowest BCUT2D eigenvalue weighted by atomic mass is 9.75. The molecule has 5 rings (SSSR count). The first-order valence-electron chi connectivity index (χ1n) is 9.48. The lowest BCUT2D eigenvalue weighted by Crippen LogP contribution is -2.60. The van der Waals surface area contributed by atoms with Crippen molar-refractivity contribution in [2.24, 2.45) is 23.7 Å². The Kier molecular flexibility index (Phi) is 4.19. The minimum absolute atomic E-state index is 0.00537. The van der Waals surface area contributed by atoms with Crippen molar-refractivity contribution >= 4 is 12.1 Å². The zero-order chi connectivity index (χ0) is 16.8. The zero-order valence-corrected chi connectivity index (χ0v) is 14.6. The molecular formula is C18H28N2O4. The van der Waals surface area contributed by atoms with Gasteiger partial charge in [-0.3, -0.25) is 9.69 Å². The molecule has 6 heteroatoms. The minimum Gasteiger partial charge on any atom is -0.466 e. The molecule has 5 fully saturated rings. The monoisotopic (exact) mass is 336 g/mol. The first-order chi connectivity index (χ1) is 11.6. The van der Waals surface area contributed by atoms with Crippen molar-refractivity contribution in [3.05, 3.63) is 0 Å². The van der Waals surface area contributed by atoms with Gasteiger partial charge in [0.15, 0.2) is 0 Å². The van der Waals surface area contributed by atoms with E-state index in [2.05, 4.69) is 4.90 Å². The largest absolute Gasteiger partial charge is 0.466 e. The van der Waals surface area contributed by atoms with E-state index >= 15 is 0 Å². The first kappa shape index (κ1) is 16.2. The van der Waals surface area contributed by atoms with Crippen LogP contribution in [0.3, 0.4) is 0 Å². The first-order valence-corrected chi connectivity index (χ1v) is 9.48. The number of carbonyl (C=O) groups is 2. The van der Waals surface area contributed by atoms with Crippen LogP contribution in [0.4, 0.5) is 4.79 Å². The van der Waals surface area contributed by atoms with Crippen LogP contribution >= 0.6 is 0 Å². The highest BCUT2D eigenvalue weighted by Gasteiger charge is 2.62. The van der Waals surface area contributed by atoms with Crippen molar-refractivity contribution < 1.29 is 19.1 Å². The zero-order valence-electron chi connectivity index (χ0n) is 14.6. The Hall–Kier alpha value is -1.30. The van der Waals surface area contributed by atoms with Crippen molar-refractivity contribution in [3.8, 4) is 0 Å². The molecule has 2 bridgehead atoms. The second-order valence-corrected chi connectivity index (χ2v) is 7.71. The SMILES string of the molecule is CCOC(=O)C1[C@H]2CN(C3C[C@H]4CC[C@@H]3CN4C(=O)OCC)C[C@@H]12. The van der Waals surface area contributed by atoms with Gasteiger partial charge < -0.3 is 14.4 Å². The highest BCUT2D eigenvalue weighted by molar-refractivity contribution is 5.77. The molecule has 0 aromatic heterocycles. The van der Waals surface area contributed by atoms with E-state index in [0.29, 0.717) is 43.1 Å². The maximum absolute atomic E-state index is 12.1. The Labute approximate surface area is 143 Å². The molecule has 2 unspecified atom stereocenters. The third kappa shape index (κ3) is 2.59. The van der Waals surface area contributed by atoms with Crippen LogP contribution in [0.1, 0.15) is 33.1 Å². The highest BCUT2D eigenvalue weighted by atomic mass is 16.6. The summed E-state index contributed by atoms with van der Waals surface area (Å²) in [5.74, 6) is 1.72. The van der Waals surface area contributed by atoms with E-state index in [1.165, 1.54) is 6.42 Å². The quantitative estimate of drug-likeness (QED) is 0.732. The van der Waals surface area contributed by atoms with Crippen LogP contribution in [0.2, 0.25) is 0 Å². The molecular weight excluding hydrogens is 308 g/mol. The third-order valence-electron chi connectivity index (χ3n) is 6.55. The van der Waals surface area contributed by atoms with Crippen LogP contribution in [-0.2, 0) is 14.3 Å². The Morgan fingerprint density at radius 1 is 1.00 bits per heavy atom. The Morgan fingerprint density at radius 3 is 2.29 bits per heavy atom. The predicted octanol–water partition coefficient (Wildman–Crippen LogP) is 1.74. The Bertz CT molecular complexity index is 513. The summed E-state index contributed by atoms with van der Waals surface area (Å²) in [5, 5.41) is 0. The molecule has 3 aliphatic heterocycles. The average Bonchev–Trinajstić information content (AvgIpc) is 3.10. The van der Waals surface area contributed by atoms with E-state index in [1.54, 1.807) is 0 Å². The molecule has 0 spiro atoms. The lowest BCUT2D eigenvalue weighted by Gasteiger charge is -2.51. The number of rotatable bonds is 4. The number of piperidine rings is 3. The second-order valence-electron chi connectivity index (χ2n) is 7.71. The van der Waals surface area contributed by atoms with Gasteiger partial charge in [-0.25, -0.2) is 4.79 Å². The fourth-order valence-corrected chi connectivity index (χ4v) is 5.38. The maximum Gasteiger partial charge on any atom is 0.410 e. The molecule has 2 aliphatic carbocycles. The number of ether oxygens (including phenoxy) is 2. The summed E-state index contributed by atoms with van der Waals surface area (Å²) in [6, 6.07) is 0.905. The van der Waals surface area contributed by atoms with Gasteiger partial charge in [-0.05, 0) is 50.9 Å². The third-order valence-corrected chi connectivity index (χ3v) is 6.55. The molecule has 5 aliphatic rings. The molecule has 1 amide bonds. The van der Waals surface area contributed by atoms with Crippen molar-refractivity contribution in [3.63, 3.8) is 0 Å². The topological polar surface area (TPSA) is 59.1 Å². The van der Waals surface area contributed by atoms with Gasteiger partial charge in [-0.2, -0.15) is 0 Å². The number of fused-ring (bicyclic) bond motifs is 4. The Balaban J connectivity index is 1.33. The van der Waals surface area contributed by atoms with E-state index in [9.17, 15) is 9.59 Å². The van der Waals surface area contributed by atoms with Gasteiger partial charge in [-0.1, -0.05) is 0 Å². The molecule has 24 heavy (non-hydrogen) atoms. The molecule has 0 N–H and O–H groups in total. The van der Waals surface area contributed by atoms with Gasteiger partial charge >= 0.3 is 12.1 Å². The fraction of sp³-hybridized carbons (Fsp3) is 0.889. The molecule has 6 atom stereocenters. The van der Waals surface area contributed by atoms with Gasteiger partial charge in [0.2, 0.25) is 0 Å². The molecule has 0 radical (unpaired) electrons. The molecule has 0 aromatic rings. The van der Waals surface area contributed by atoms with Gasteiger partial charge in [0, 0.05) is 31.7 Å². The second kappa shape index (κ2) is 6.21. The molecule has 2 saturated carbocycles. The normalized spacial score (nSPS) is 40.3. The van der Waals surface area contributed by atoms with Gasteiger partial charge in [0.1, 0.15) is 0 Å². The van der Waals surface area contributed by atoms with E-state index in [1.807, 2.05) is 18.7 Å². The van der Waals surface area contributed by atoms with Crippen LogP contribution in [0, 0.1) is 23.7 Å². The summed E-state index contributed by atoms with van der Waals surface area (Å²) in [6.07, 6.45) is 3.23. The smallest absolute Gasteiger partial charge is 0.410 e. The number of esters is 1.